The first-order valence-corrected chi connectivity index (χ1v) is 11.6. The maximum absolute atomic E-state index is 13.6. The molecule has 0 radical (unpaired) electrons. The van der Waals surface area contributed by atoms with Crippen LogP contribution in [0.4, 0.5) is 5.69 Å². The fourth-order valence-corrected chi connectivity index (χ4v) is 3.66. The van der Waals surface area contributed by atoms with Gasteiger partial charge in [0.05, 0.1) is 0 Å². The van der Waals surface area contributed by atoms with Crippen molar-refractivity contribution in [2.75, 3.05) is 26.2 Å². The molecule has 0 aliphatic carbocycles. The molecule has 12 nitrogen and oxygen atoms in total. The Morgan fingerprint density at radius 3 is 1.97 bits per heavy atom. The molecule has 1 aliphatic rings. The van der Waals surface area contributed by atoms with Gasteiger partial charge in [0.1, 0.15) is 11.2 Å². The lowest BCUT2D eigenvalue weighted by atomic mass is 10.00. The van der Waals surface area contributed by atoms with Crippen LogP contribution in [0.15, 0.2) is 23.3 Å². The molecule has 36 heavy (non-hydrogen) atoms. The van der Waals surface area contributed by atoms with Crippen LogP contribution in [0.25, 0.3) is 10.4 Å². The van der Waals surface area contributed by atoms with E-state index in [-0.39, 0.29) is 13.1 Å². The van der Waals surface area contributed by atoms with Crippen LogP contribution in [0.3, 0.4) is 0 Å². The molecule has 2 rings (SSSR count). The number of azide groups is 1. The van der Waals surface area contributed by atoms with Crippen molar-refractivity contribution in [1.29, 1.82) is 0 Å². The third-order valence-corrected chi connectivity index (χ3v) is 5.29. The fraction of sp³-hybridized carbons (Fsp3) is 0.625. The van der Waals surface area contributed by atoms with Gasteiger partial charge in [0.2, 0.25) is 0 Å². The second-order valence-electron chi connectivity index (χ2n) is 10.7. The zero-order valence-corrected chi connectivity index (χ0v) is 22.0. The van der Waals surface area contributed by atoms with Crippen molar-refractivity contribution in [3.63, 3.8) is 0 Å². The summed E-state index contributed by atoms with van der Waals surface area (Å²) in [6.07, 6.45) is 0. The highest BCUT2D eigenvalue weighted by Gasteiger charge is 2.61. The Balaban J connectivity index is 2.26. The minimum atomic E-state index is -2.80. The third-order valence-electron chi connectivity index (χ3n) is 5.29. The number of nitrogens with two attached hydrogens (primary N) is 1. The Morgan fingerprint density at radius 2 is 1.53 bits per heavy atom. The van der Waals surface area contributed by atoms with E-state index in [4.69, 9.17) is 25.7 Å². The molecule has 0 aromatic heterocycles. The standard InChI is InChI=1S/C24H36N6O6/c1-16-8-9-18(27-28-25)17(14-16)15-29-10-12-30(13-11-29)19(31)24(36-26,20(32)34-22(2,3)4)21(33)35-23(5,6)7/h8-9,14H,10-13,15,26H2,1-7H3. The first-order valence-electron chi connectivity index (χ1n) is 11.6. The van der Waals surface area contributed by atoms with Crippen LogP contribution in [-0.4, -0.2) is 70.6 Å². The molecule has 1 saturated heterocycles. The highest BCUT2D eigenvalue weighted by atomic mass is 16.7. The number of hydrogen-bond acceptors (Lipinski definition) is 9. The van der Waals surface area contributed by atoms with Gasteiger partial charge < -0.3 is 14.4 Å². The minimum absolute atomic E-state index is 0.193. The number of carbonyl (C=O) groups is 3. The number of nitrogens with zero attached hydrogens (tertiary/aromatic N) is 5. The molecule has 1 amide bonds. The summed E-state index contributed by atoms with van der Waals surface area (Å²) in [5.74, 6) is 2.02. The average Bonchev–Trinajstić information content (AvgIpc) is 2.74. The van der Waals surface area contributed by atoms with Gasteiger partial charge in [-0.25, -0.2) is 15.5 Å². The van der Waals surface area contributed by atoms with Crippen molar-refractivity contribution in [3.05, 3.63) is 39.8 Å². The fourth-order valence-electron chi connectivity index (χ4n) is 3.66. The lowest BCUT2D eigenvalue weighted by Gasteiger charge is -2.39. The monoisotopic (exact) mass is 504 g/mol. The molecule has 1 aromatic carbocycles. The van der Waals surface area contributed by atoms with E-state index < -0.39 is 34.6 Å². The lowest BCUT2D eigenvalue weighted by Crippen LogP contribution is -2.66. The Morgan fingerprint density at radius 1 is 1.00 bits per heavy atom. The zero-order chi connectivity index (χ0) is 27.3. The van der Waals surface area contributed by atoms with Crippen LogP contribution in [0.1, 0.15) is 52.7 Å². The summed E-state index contributed by atoms with van der Waals surface area (Å²) in [4.78, 5) is 51.0. The van der Waals surface area contributed by atoms with E-state index in [9.17, 15) is 14.4 Å². The van der Waals surface area contributed by atoms with Crippen LogP contribution < -0.4 is 5.90 Å². The summed E-state index contributed by atoms with van der Waals surface area (Å²) >= 11 is 0. The summed E-state index contributed by atoms with van der Waals surface area (Å²) in [7, 11) is 0. The predicted octanol–water partition coefficient (Wildman–Crippen LogP) is 2.89. The molecule has 198 valence electrons. The van der Waals surface area contributed by atoms with Gasteiger partial charge in [-0.3, -0.25) is 14.5 Å². The second kappa shape index (κ2) is 11.3. The summed E-state index contributed by atoms with van der Waals surface area (Å²) < 4.78 is 10.7. The molecule has 0 spiro atoms. The molecule has 0 saturated carbocycles. The van der Waals surface area contributed by atoms with Crippen molar-refractivity contribution in [1.82, 2.24) is 9.80 Å². The molecular formula is C24H36N6O6. The summed E-state index contributed by atoms with van der Waals surface area (Å²) in [5, 5.41) is 3.75. The van der Waals surface area contributed by atoms with Gasteiger partial charge >= 0.3 is 17.5 Å². The van der Waals surface area contributed by atoms with Crippen LogP contribution in [0, 0.1) is 6.92 Å². The molecule has 1 heterocycles. The van der Waals surface area contributed by atoms with Crippen molar-refractivity contribution in [2.24, 2.45) is 11.0 Å². The van der Waals surface area contributed by atoms with Crippen molar-refractivity contribution >= 4 is 23.5 Å². The Hall–Kier alpha value is -3.18. The van der Waals surface area contributed by atoms with E-state index in [1.807, 2.05) is 19.1 Å². The highest BCUT2D eigenvalue weighted by molar-refractivity contribution is 6.23. The summed E-state index contributed by atoms with van der Waals surface area (Å²) in [5.41, 5.74) is 6.44. The predicted molar refractivity (Wildman–Crippen MR) is 132 cm³/mol. The smallest absolute Gasteiger partial charge is 0.363 e. The van der Waals surface area contributed by atoms with Crippen LogP contribution in [-0.2, 0) is 35.2 Å². The topological polar surface area (TPSA) is 160 Å². The van der Waals surface area contributed by atoms with Gasteiger partial charge in [0.25, 0.3) is 5.91 Å². The molecule has 0 unspecified atom stereocenters. The van der Waals surface area contributed by atoms with Gasteiger partial charge in [-0.05, 0) is 59.6 Å². The number of esters is 2. The second-order valence-corrected chi connectivity index (χ2v) is 10.7. The SMILES string of the molecule is Cc1ccc(N=[N+]=[N-])c(CN2CCN(C(=O)C(ON)(C(=O)OC(C)(C)C)C(=O)OC(C)(C)C)CC2)c1. The van der Waals surface area contributed by atoms with E-state index in [1.54, 1.807) is 47.6 Å². The first kappa shape index (κ1) is 29.1. The molecule has 1 aliphatic heterocycles. The molecule has 1 fully saturated rings. The number of rotatable bonds is 7. The van der Waals surface area contributed by atoms with E-state index in [0.29, 0.717) is 25.3 Å². The number of amides is 1. The Bertz CT molecular complexity index is 1000. The van der Waals surface area contributed by atoms with Gasteiger partial charge in [0.15, 0.2) is 0 Å². The summed E-state index contributed by atoms with van der Waals surface area (Å²) in [6.45, 7) is 13.3. The van der Waals surface area contributed by atoms with E-state index in [1.165, 1.54) is 4.90 Å². The quantitative estimate of drug-likeness (QED) is 0.148. The summed E-state index contributed by atoms with van der Waals surface area (Å²) in [6, 6.07) is 5.57. The maximum atomic E-state index is 13.6. The maximum Gasteiger partial charge on any atom is 0.363 e. The van der Waals surface area contributed by atoms with Crippen LogP contribution >= 0.6 is 0 Å². The normalized spacial score (nSPS) is 15.2. The number of piperazine rings is 1. The Labute approximate surface area is 211 Å². The van der Waals surface area contributed by atoms with E-state index in [0.717, 1.165) is 11.1 Å². The van der Waals surface area contributed by atoms with Crippen LogP contribution in [0.2, 0.25) is 0 Å². The zero-order valence-electron chi connectivity index (χ0n) is 22.0. The third kappa shape index (κ3) is 7.17. The van der Waals surface area contributed by atoms with Gasteiger partial charge in [-0.15, -0.1) is 0 Å². The largest absolute Gasteiger partial charge is 0.457 e. The van der Waals surface area contributed by atoms with Gasteiger partial charge in [-0.2, -0.15) is 0 Å². The van der Waals surface area contributed by atoms with E-state index in [2.05, 4.69) is 14.9 Å². The molecule has 0 bridgehead atoms. The highest BCUT2D eigenvalue weighted by Crippen LogP contribution is 2.27. The number of carbonyl (C=O) groups excluding carboxylic acids is 3. The van der Waals surface area contributed by atoms with Gasteiger partial charge in [-0.1, -0.05) is 28.9 Å². The van der Waals surface area contributed by atoms with Crippen molar-refractivity contribution in [3.8, 4) is 0 Å². The Kier molecular flexibility index (Phi) is 9.08. The minimum Gasteiger partial charge on any atom is -0.457 e. The number of benzene rings is 1. The van der Waals surface area contributed by atoms with Crippen molar-refractivity contribution in [2.45, 2.75) is 71.8 Å². The van der Waals surface area contributed by atoms with Crippen molar-refractivity contribution < 1.29 is 28.7 Å². The number of ether oxygens (including phenoxy) is 2. The van der Waals surface area contributed by atoms with E-state index >= 15 is 0 Å². The average molecular weight is 505 g/mol. The molecular weight excluding hydrogens is 468 g/mol. The number of aryl methyl sites for hydroxylation is 1. The molecule has 12 heteroatoms. The molecule has 2 N–H and O–H groups in total. The first-order chi connectivity index (χ1) is 16.6. The van der Waals surface area contributed by atoms with Crippen LogP contribution in [0.5, 0.6) is 0 Å². The van der Waals surface area contributed by atoms with Gasteiger partial charge in [0, 0.05) is 43.3 Å². The molecule has 1 aromatic rings. The molecule has 0 atom stereocenters. The lowest BCUT2D eigenvalue weighted by molar-refractivity contribution is -0.208. The number of hydrogen-bond donors (Lipinski definition) is 1.